The lowest BCUT2D eigenvalue weighted by Crippen LogP contribution is -2.25. The summed E-state index contributed by atoms with van der Waals surface area (Å²) in [6.07, 6.45) is 3.77. The zero-order valence-electron chi connectivity index (χ0n) is 11.1. The van der Waals surface area contributed by atoms with Gasteiger partial charge in [0.05, 0.1) is 3.79 Å². The van der Waals surface area contributed by atoms with Gasteiger partial charge in [-0.1, -0.05) is 23.7 Å². The average molecular weight is 371 g/mol. The number of rotatable bonds is 6. The lowest BCUT2D eigenvalue weighted by molar-refractivity contribution is 0.485. The van der Waals surface area contributed by atoms with E-state index in [1.807, 2.05) is 23.5 Å². The minimum Gasteiger partial charge on any atom is -0.309 e. The van der Waals surface area contributed by atoms with Gasteiger partial charge in [-0.3, -0.25) is 0 Å². The third-order valence-electron chi connectivity index (χ3n) is 3.69. The van der Waals surface area contributed by atoms with E-state index < -0.39 is 0 Å². The Hall–Kier alpha value is -0.350. The average Bonchev–Trinajstić information content (AvgIpc) is 3.19. The summed E-state index contributed by atoms with van der Waals surface area (Å²) in [5.74, 6) is 0.797. The summed E-state index contributed by atoms with van der Waals surface area (Å²) in [5.41, 5.74) is 1.37. The smallest absolute Gasteiger partial charge is 0.0701 e. The summed E-state index contributed by atoms with van der Waals surface area (Å²) in [6, 6.07) is 13.1. The fraction of sp³-hybridized carbons (Fsp3) is 0.375. The van der Waals surface area contributed by atoms with Crippen LogP contribution in [0, 0.1) is 5.92 Å². The van der Waals surface area contributed by atoms with E-state index in [1.165, 1.54) is 27.1 Å². The number of halogens is 2. The van der Waals surface area contributed by atoms with E-state index in [2.05, 4.69) is 45.5 Å². The molecule has 1 atom stereocenters. The van der Waals surface area contributed by atoms with Crippen LogP contribution in [0.25, 0.3) is 0 Å². The quantitative estimate of drug-likeness (QED) is 0.713. The molecule has 0 saturated heterocycles. The highest BCUT2D eigenvalue weighted by molar-refractivity contribution is 9.11. The SMILES string of the molecule is Clc1ccc(C(NCCc2ccc(Br)s2)C2CC2)cc1. The Bertz CT molecular complexity index is 562. The number of nitrogens with one attached hydrogen (secondary N) is 1. The van der Waals surface area contributed by atoms with Crippen LogP contribution in [0.15, 0.2) is 40.2 Å². The molecule has 20 heavy (non-hydrogen) atoms. The second-order valence-corrected chi connectivity index (χ2v) is 8.26. The van der Waals surface area contributed by atoms with Gasteiger partial charge in [0.2, 0.25) is 0 Å². The van der Waals surface area contributed by atoms with Gasteiger partial charge in [0, 0.05) is 22.5 Å². The van der Waals surface area contributed by atoms with Crippen LogP contribution in [0.1, 0.15) is 29.3 Å². The number of hydrogen-bond donors (Lipinski definition) is 1. The van der Waals surface area contributed by atoms with Crippen molar-refractivity contribution < 1.29 is 0 Å². The summed E-state index contributed by atoms with van der Waals surface area (Å²) in [7, 11) is 0. The fourth-order valence-electron chi connectivity index (χ4n) is 2.49. The van der Waals surface area contributed by atoms with E-state index >= 15 is 0 Å². The largest absolute Gasteiger partial charge is 0.309 e. The van der Waals surface area contributed by atoms with Gasteiger partial charge in [-0.15, -0.1) is 11.3 Å². The molecule has 0 radical (unpaired) electrons. The van der Waals surface area contributed by atoms with Gasteiger partial charge in [-0.2, -0.15) is 0 Å². The normalized spacial score (nSPS) is 16.3. The van der Waals surface area contributed by atoms with E-state index in [0.717, 1.165) is 23.9 Å². The van der Waals surface area contributed by atoms with Crippen LogP contribution in [0.4, 0.5) is 0 Å². The molecule has 1 fully saturated rings. The van der Waals surface area contributed by atoms with Crippen LogP contribution in [0.3, 0.4) is 0 Å². The van der Waals surface area contributed by atoms with E-state index in [9.17, 15) is 0 Å². The van der Waals surface area contributed by atoms with E-state index in [-0.39, 0.29) is 0 Å². The molecule has 0 spiro atoms. The van der Waals surface area contributed by atoms with Gasteiger partial charge in [-0.05, 0) is 70.9 Å². The summed E-state index contributed by atoms with van der Waals surface area (Å²) in [6.45, 7) is 1.02. The molecule has 1 nitrogen and oxygen atoms in total. The van der Waals surface area contributed by atoms with Gasteiger partial charge in [-0.25, -0.2) is 0 Å². The molecule has 2 aromatic rings. The number of benzene rings is 1. The molecule has 1 aliphatic carbocycles. The first-order chi connectivity index (χ1) is 9.72. The molecule has 1 heterocycles. The minimum absolute atomic E-state index is 0.482. The maximum Gasteiger partial charge on any atom is 0.0701 e. The zero-order chi connectivity index (χ0) is 13.9. The maximum absolute atomic E-state index is 5.97. The zero-order valence-corrected chi connectivity index (χ0v) is 14.3. The Balaban J connectivity index is 1.59. The molecule has 4 heteroatoms. The third kappa shape index (κ3) is 3.85. The molecule has 1 aromatic carbocycles. The predicted octanol–water partition coefficient (Wildman–Crippen LogP) is 5.45. The van der Waals surface area contributed by atoms with Gasteiger partial charge in [0.1, 0.15) is 0 Å². The first kappa shape index (κ1) is 14.6. The molecule has 1 aromatic heterocycles. The molecule has 1 aliphatic rings. The van der Waals surface area contributed by atoms with Crippen LogP contribution in [-0.2, 0) is 6.42 Å². The molecule has 3 rings (SSSR count). The van der Waals surface area contributed by atoms with E-state index in [0.29, 0.717) is 6.04 Å². The van der Waals surface area contributed by atoms with Crippen molar-refractivity contribution in [2.75, 3.05) is 6.54 Å². The topological polar surface area (TPSA) is 12.0 Å². The lowest BCUT2D eigenvalue weighted by Gasteiger charge is -2.18. The molecular formula is C16H17BrClNS. The Morgan fingerprint density at radius 3 is 2.55 bits per heavy atom. The molecular weight excluding hydrogens is 354 g/mol. The molecule has 1 N–H and O–H groups in total. The highest BCUT2D eigenvalue weighted by atomic mass is 79.9. The predicted molar refractivity (Wildman–Crippen MR) is 90.6 cm³/mol. The monoisotopic (exact) mass is 369 g/mol. The van der Waals surface area contributed by atoms with E-state index in [4.69, 9.17) is 11.6 Å². The van der Waals surface area contributed by atoms with E-state index in [1.54, 1.807) is 0 Å². The molecule has 1 unspecified atom stereocenters. The summed E-state index contributed by atoms with van der Waals surface area (Å²) < 4.78 is 1.21. The van der Waals surface area contributed by atoms with Crippen LogP contribution in [-0.4, -0.2) is 6.54 Å². The van der Waals surface area contributed by atoms with Gasteiger partial charge >= 0.3 is 0 Å². The van der Waals surface area contributed by atoms with Crippen molar-refractivity contribution in [1.29, 1.82) is 0 Å². The highest BCUT2D eigenvalue weighted by Gasteiger charge is 2.31. The van der Waals surface area contributed by atoms with Crippen molar-refractivity contribution in [3.8, 4) is 0 Å². The molecule has 106 valence electrons. The lowest BCUT2D eigenvalue weighted by atomic mass is 10.0. The van der Waals surface area contributed by atoms with Crippen LogP contribution in [0.2, 0.25) is 5.02 Å². The van der Waals surface area contributed by atoms with Crippen LogP contribution in [0.5, 0.6) is 0 Å². The maximum atomic E-state index is 5.97. The Kier molecular flexibility index (Phi) is 4.82. The minimum atomic E-state index is 0.482. The molecule has 0 amide bonds. The number of hydrogen-bond acceptors (Lipinski definition) is 2. The first-order valence-electron chi connectivity index (χ1n) is 6.95. The van der Waals surface area contributed by atoms with Gasteiger partial charge in [0.15, 0.2) is 0 Å². The highest BCUT2D eigenvalue weighted by Crippen LogP contribution is 2.41. The standard InChI is InChI=1S/C16H17BrClNS/c17-15-8-7-14(20-15)9-10-19-16(11-1-2-11)12-3-5-13(18)6-4-12/h3-8,11,16,19H,1-2,9-10H2. The van der Waals surface area contributed by atoms with Crippen molar-refractivity contribution in [2.45, 2.75) is 25.3 Å². The Morgan fingerprint density at radius 1 is 1.20 bits per heavy atom. The summed E-state index contributed by atoms with van der Waals surface area (Å²) in [5, 5.41) is 4.54. The first-order valence-corrected chi connectivity index (χ1v) is 8.94. The van der Waals surface area contributed by atoms with Crippen molar-refractivity contribution in [3.63, 3.8) is 0 Å². The summed E-state index contributed by atoms with van der Waals surface area (Å²) in [4.78, 5) is 1.43. The van der Waals surface area contributed by atoms with Gasteiger partial charge < -0.3 is 5.32 Å². The molecule has 0 aliphatic heterocycles. The Morgan fingerprint density at radius 2 is 1.95 bits per heavy atom. The fourth-order valence-corrected chi connectivity index (χ4v) is 4.10. The second-order valence-electron chi connectivity index (χ2n) is 5.28. The van der Waals surface area contributed by atoms with Crippen LogP contribution >= 0.6 is 38.9 Å². The van der Waals surface area contributed by atoms with Crippen molar-refractivity contribution in [2.24, 2.45) is 5.92 Å². The van der Waals surface area contributed by atoms with Crippen molar-refractivity contribution in [1.82, 2.24) is 5.32 Å². The van der Waals surface area contributed by atoms with Crippen molar-refractivity contribution in [3.05, 3.63) is 55.6 Å². The molecule has 0 bridgehead atoms. The second kappa shape index (κ2) is 6.61. The van der Waals surface area contributed by atoms with Gasteiger partial charge in [0.25, 0.3) is 0 Å². The summed E-state index contributed by atoms with van der Waals surface area (Å²) >= 11 is 11.3. The number of thiophene rings is 1. The van der Waals surface area contributed by atoms with Crippen molar-refractivity contribution >= 4 is 38.9 Å². The Labute approximate surface area is 137 Å². The third-order valence-corrected chi connectivity index (χ3v) is 5.62. The molecule has 1 saturated carbocycles. The van der Waals surface area contributed by atoms with Crippen LogP contribution < -0.4 is 5.32 Å².